The van der Waals surface area contributed by atoms with Gasteiger partial charge in [0.05, 0.1) is 7.11 Å². The van der Waals surface area contributed by atoms with Crippen molar-refractivity contribution in [3.8, 4) is 0 Å². The van der Waals surface area contributed by atoms with E-state index < -0.39 is 47.1 Å². The maximum atomic E-state index is 14.2. The summed E-state index contributed by atoms with van der Waals surface area (Å²) >= 11 is 0. The van der Waals surface area contributed by atoms with Crippen LogP contribution in [-0.4, -0.2) is 59.6 Å². The van der Waals surface area contributed by atoms with Crippen LogP contribution in [0.3, 0.4) is 0 Å². The first-order chi connectivity index (χ1) is 16.9. The average molecular weight is 520 g/mol. The third kappa shape index (κ3) is 9.70. The van der Waals surface area contributed by atoms with Crippen LogP contribution in [0.4, 0.5) is 4.79 Å². The molecule has 1 aromatic rings. The van der Waals surface area contributed by atoms with E-state index in [1.807, 2.05) is 60.6 Å². The summed E-state index contributed by atoms with van der Waals surface area (Å²) in [5, 5.41) is 5.35. The van der Waals surface area contributed by atoms with E-state index in [1.165, 1.54) is 12.0 Å². The molecule has 0 bridgehead atoms. The molecule has 2 N–H and O–H groups in total. The molecule has 2 atom stereocenters. The van der Waals surface area contributed by atoms with E-state index in [0.717, 1.165) is 11.1 Å². The predicted octanol–water partition coefficient (Wildman–Crippen LogP) is 4.20. The fraction of sp³-hybridized carbons (Fsp3) is 0.643. The molecule has 0 aliphatic rings. The highest BCUT2D eigenvalue weighted by molar-refractivity contribution is 5.94. The van der Waals surface area contributed by atoms with Crippen LogP contribution in [-0.2, 0) is 23.9 Å². The minimum Gasteiger partial charge on any atom is -0.468 e. The Morgan fingerprint density at radius 1 is 1.00 bits per heavy atom. The Bertz CT molecular complexity index is 975. The Morgan fingerprint density at radius 3 is 2.08 bits per heavy atom. The van der Waals surface area contributed by atoms with Gasteiger partial charge in [-0.05, 0) is 84.4 Å². The van der Waals surface area contributed by atoms with Crippen molar-refractivity contribution in [1.82, 2.24) is 15.5 Å². The van der Waals surface area contributed by atoms with Crippen LogP contribution < -0.4 is 10.6 Å². The highest BCUT2D eigenvalue weighted by Gasteiger charge is 2.42. The number of amides is 3. The Hall–Kier alpha value is -3.10. The zero-order chi connectivity index (χ0) is 28.7. The summed E-state index contributed by atoms with van der Waals surface area (Å²) < 4.78 is 10.1. The number of benzene rings is 1. The molecule has 1 rings (SSSR count). The van der Waals surface area contributed by atoms with E-state index in [4.69, 9.17) is 4.74 Å². The number of ether oxygens (including phenoxy) is 2. The van der Waals surface area contributed by atoms with E-state index in [1.54, 1.807) is 26.8 Å². The number of rotatable bonds is 9. The molecule has 2 unspecified atom stereocenters. The number of nitrogens with one attached hydrogen (secondary N) is 2. The van der Waals surface area contributed by atoms with E-state index in [9.17, 15) is 19.2 Å². The van der Waals surface area contributed by atoms with E-state index in [2.05, 4.69) is 15.4 Å². The summed E-state index contributed by atoms with van der Waals surface area (Å²) in [7, 11) is 1.24. The lowest BCUT2D eigenvalue weighted by molar-refractivity contribution is -0.149. The topological polar surface area (TPSA) is 114 Å². The van der Waals surface area contributed by atoms with Gasteiger partial charge in [0.2, 0.25) is 11.8 Å². The number of hydrogen-bond acceptors (Lipinski definition) is 6. The van der Waals surface area contributed by atoms with Crippen LogP contribution in [0.2, 0.25) is 0 Å². The Balaban J connectivity index is 3.64. The summed E-state index contributed by atoms with van der Waals surface area (Å²) in [6, 6.07) is 3.56. The standard InChI is InChI=1S/C28H45N3O6/c1-17(2)15-21(30-26(35)37-28(8,9)10)25(34)31(27(5,6)7)23(24(33)29-16-22(32)36-11)20-14-12-13-18(3)19(20)4/h12-14,17,21,23H,15-16H2,1-11H3,(H,29,33)(H,30,35). The zero-order valence-electron chi connectivity index (χ0n) is 24.3. The second kappa shape index (κ2) is 12.9. The molecule has 0 spiro atoms. The summed E-state index contributed by atoms with van der Waals surface area (Å²) in [6.45, 7) is 18.1. The van der Waals surface area contributed by atoms with Gasteiger partial charge in [-0.15, -0.1) is 0 Å². The normalized spacial score (nSPS) is 13.4. The largest absolute Gasteiger partial charge is 0.468 e. The van der Waals surface area contributed by atoms with E-state index >= 15 is 0 Å². The maximum Gasteiger partial charge on any atom is 0.408 e. The van der Waals surface area contributed by atoms with Crippen LogP contribution in [0.25, 0.3) is 0 Å². The Morgan fingerprint density at radius 2 is 1.59 bits per heavy atom. The molecule has 0 radical (unpaired) electrons. The van der Waals surface area contributed by atoms with Crippen molar-refractivity contribution in [3.63, 3.8) is 0 Å². The summed E-state index contributed by atoms with van der Waals surface area (Å²) in [6.07, 6.45) is -0.368. The quantitative estimate of drug-likeness (QED) is 0.473. The smallest absolute Gasteiger partial charge is 0.408 e. The van der Waals surface area contributed by atoms with Crippen molar-refractivity contribution in [1.29, 1.82) is 0 Å². The summed E-state index contributed by atoms with van der Waals surface area (Å²) in [5.41, 5.74) is 0.865. The van der Waals surface area contributed by atoms with Crippen LogP contribution >= 0.6 is 0 Å². The van der Waals surface area contributed by atoms with Crippen LogP contribution in [0, 0.1) is 19.8 Å². The monoisotopic (exact) mass is 519 g/mol. The third-order valence-electron chi connectivity index (χ3n) is 5.74. The first-order valence-electron chi connectivity index (χ1n) is 12.6. The predicted molar refractivity (Wildman–Crippen MR) is 143 cm³/mol. The second-order valence-corrected chi connectivity index (χ2v) is 11.7. The van der Waals surface area contributed by atoms with Crippen LogP contribution in [0.5, 0.6) is 0 Å². The molecule has 0 heterocycles. The molecule has 9 nitrogen and oxygen atoms in total. The van der Waals surface area contributed by atoms with Crippen molar-refractivity contribution in [2.24, 2.45) is 5.92 Å². The van der Waals surface area contributed by atoms with Crippen molar-refractivity contribution in [2.45, 2.75) is 98.9 Å². The number of aryl methyl sites for hydroxylation is 1. The molecular formula is C28H45N3O6. The molecular weight excluding hydrogens is 474 g/mol. The van der Waals surface area contributed by atoms with E-state index in [0.29, 0.717) is 12.0 Å². The SMILES string of the molecule is COC(=O)CNC(=O)C(c1cccc(C)c1C)N(C(=O)C(CC(C)C)NC(=O)OC(C)(C)C)C(C)(C)C. The summed E-state index contributed by atoms with van der Waals surface area (Å²) in [4.78, 5) is 53.8. The Labute approximate surface area is 221 Å². The lowest BCUT2D eigenvalue weighted by Gasteiger charge is -2.43. The molecule has 9 heteroatoms. The zero-order valence-corrected chi connectivity index (χ0v) is 24.3. The molecule has 0 aromatic heterocycles. The highest BCUT2D eigenvalue weighted by atomic mass is 16.6. The van der Waals surface area contributed by atoms with Crippen molar-refractivity contribution < 1.29 is 28.7 Å². The third-order valence-corrected chi connectivity index (χ3v) is 5.74. The Kier molecular flexibility index (Phi) is 11.2. The van der Waals surface area contributed by atoms with E-state index in [-0.39, 0.29) is 12.5 Å². The first-order valence-corrected chi connectivity index (χ1v) is 12.6. The molecule has 37 heavy (non-hydrogen) atoms. The van der Waals surface area contributed by atoms with Gasteiger partial charge < -0.3 is 25.0 Å². The minimum absolute atomic E-state index is 0.0676. The van der Waals surface area contributed by atoms with Crippen molar-refractivity contribution in [3.05, 3.63) is 34.9 Å². The van der Waals surface area contributed by atoms with Gasteiger partial charge in [0.1, 0.15) is 24.2 Å². The molecule has 0 fully saturated rings. The number of nitrogens with zero attached hydrogens (tertiary/aromatic N) is 1. The molecule has 0 saturated carbocycles. The molecule has 1 aromatic carbocycles. The van der Waals surface area contributed by atoms with Gasteiger partial charge in [-0.25, -0.2) is 4.79 Å². The number of carbonyl (C=O) groups is 4. The fourth-order valence-corrected chi connectivity index (χ4v) is 3.95. The van der Waals surface area contributed by atoms with Crippen LogP contribution in [0.15, 0.2) is 18.2 Å². The minimum atomic E-state index is -1.06. The van der Waals surface area contributed by atoms with Crippen molar-refractivity contribution >= 4 is 23.9 Å². The van der Waals surface area contributed by atoms with Gasteiger partial charge in [0.25, 0.3) is 0 Å². The average Bonchev–Trinajstić information content (AvgIpc) is 2.74. The number of alkyl carbamates (subject to hydrolysis) is 1. The molecule has 3 amide bonds. The highest BCUT2D eigenvalue weighted by Crippen LogP contribution is 2.33. The van der Waals surface area contributed by atoms with Crippen molar-refractivity contribution in [2.75, 3.05) is 13.7 Å². The number of hydrogen-bond donors (Lipinski definition) is 2. The lowest BCUT2D eigenvalue weighted by Crippen LogP contribution is -2.59. The number of methoxy groups -OCH3 is 1. The lowest BCUT2D eigenvalue weighted by atomic mass is 9.90. The van der Waals surface area contributed by atoms with Gasteiger partial charge >= 0.3 is 12.1 Å². The van der Waals surface area contributed by atoms with Crippen LogP contribution in [0.1, 0.15) is 84.5 Å². The fourth-order valence-electron chi connectivity index (χ4n) is 3.95. The number of carbonyl (C=O) groups excluding carboxylic acids is 4. The molecule has 0 aliphatic heterocycles. The molecule has 208 valence electrons. The first kappa shape index (κ1) is 31.9. The molecule has 0 saturated heterocycles. The maximum absolute atomic E-state index is 14.2. The number of esters is 1. The van der Waals surface area contributed by atoms with Gasteiger partial charge in [-0.1, -0.05) is 32.0 Å². The van der Waals surface area contributed by atoms with Gasteiger partial charge in [0, 0.05) is 5.54 Å². The second-order valence-electron chi connectivity index (χ2n) is 11.7. The van der Waals surface area contributed by atoms with Gasteiger partial charge in [-0.3, -0.25) is 14.4 Å². The van der Waals surface area contributed by atoms with Gasteiger partial charge in [-0.2, -0.15) is 0 Å². The molecule has 0 aliphatic carbocycles. The van der Waals surface area contributed by atoms with Gasteiger partial charge in [0.15, 0.2) is 0 Å². The summed E-state index contributed by atoms with van der Waals surface area (Å²) in [5.74, 6) is -1.49.